The van der Waals surface area contributed by atoms with Crippen LogP contribution in [0.15, 0.2) is 35.2 Å². The molecule has 0 aliphatic carbocycles. The summed E-state index contributed by atoms with van der Waals surface area (Å²) in [6.45, 7) is 9.30. The third-order valence-electron chi connectivity index (χ3n) is 2.91. The Morgan fingerprint density at radius 2 is 2.22 bits per heavy atom. The molecule has 2 aromatic rings. The van der Waals surface area contributed by atoms with E-state index in [1.54, 1.807) is 6.26 Å². The van der Waals surface area contributed by atoms with Gasteiger partial charge in [-0.15, -0.1) is 0 Å². The van der Waals surface area contributed by atoms with Crippen LogP contribution in [-0.2, 0) is 12.1 Å². The van der Waals surface area contributed by atoms with Crippen molar-refractivity contribution >= 4 is 0 Å². The Morgan fingerprint density at radius 1 is 1.44 bits per heavy atom. The lowest BCUT2D eigenvalue weighted by molar-refractivity contribution is 0.355. The number of hydrogen-bond acceptors (Lipinski definition) is 3. The minimum atomic E-state index is 0.0326. The van der Waals surface area contributed by atoms with Crippen molar-refractivity contribution < 1.29 is 4.42 Å². The first-order valence-corrected chi connectivity index (χ1v) is 6.27. The molecule has 1 N–H and O–H groups in total. The summed E-state index contributed by atoms with van der Waals surface area (Å²) in [5.74, 6) is 0.957. The summed E-state index contributed by atoms with van der Waals surface area (Å²) in [4.78, 5) is 0. The van der Waals surface area contributed by atoms with Crippen molar-refractivity contribution in [2.24, 2.45) is 0 Å². The van der Waals surface area contributed by atoms with Gasteiger partial charge in [0.1, 0.15) is 5.76 Å². The maximum atomic E-state index is 5.36. The van der Waals surface area contributed by atoms with Crippen LogP contribution in [0.4, 0.5) is 0 Å². The van der Waals surface area contributed by atoms with Crippen molar-refractivity contribution in [2.45, 2.75) is 45.8 Å². The molecule has 0 aliphatic heterocycles. The van der Waals surface area contributed by atoms with E-state index in [2.05, 4.69) is 44.3 Å². The van der Waals surface area contributed by atoms with Gasteiger partial charge in [0.05, 0.1) is 24.0 Å². The zero-order valence-corrected chi connectivity index (χ0v) is 11.5. The summed E-state index contributed by atoms with van der Waals surface area (Å²) in [7, 11) is 0. The van der Waals surface area contributed by atoms with Crippen LogP contribution in [-0.4, -0.2) is 9.78 Å². The maximum Gasteiger partial charge on any atom is 0.120 e. The minimum Gasteiger partial charge on any atom is -0.468 e. The van der Waals surface area contributed by atoms with Gasteiger partial charge in [-0.05, 0) is 39.8 Å². The SMILES string of the molecule is C[C@@H](NCc1cnn(C(C)(C)C)c1)c1ccco1. The number of rotatable bonds is 4. The Balaban J connectivity index is 1.93. The first-order valence-electron chi connectivity index (χ1n) is 6.27. The van der Waals surface area contributed by atoms with Crippen molar-refractivity contribution in [1.82, 2.24) is 15.1 Å². The largest absolute Gasteiger partial charge is 0.468 e. The van der Waals surface area contributed by atoms with E-state index in [0.717, 1.165) is 12.3 Å². The van der Waals surface area contributed by atoms with E-state index in [1.807, 2.05) is 23.0 Å². The summed E-state index contributed by atoms with van der Waals surface area (Å²) in [6, 6.07) is 4.10. The molecule has 0 unspecified atom stereocenters. The Labute approximate surface area is 108 Å². The summed E-state index contributed by atoms with van der Waals surface area (Å²) in [6.07, 6.45) is 5.69. The van der Waals surface area contributed by atoms with Gasteiger partial charge in [-0.3, -0.25) is 4.68 Å². The Bertz CT molecular complexity index is 479. The van der Waals surface area contributed by atoms with E-state index >= 15 is 0 Å². The Kier molecular flexibility index (Phi) is 3.57. The van der Waals surface area contributed by atoms with E-state index in [-0.39, 0.29) is 11.6 Å². The maximum absolute atomic E-state index is 5.36. The highest BCUT2D eigenvalue weighted by atomic mass is 16.3. The zero-order chi connectivity index (χ0) is 13.2. The van der Waals surface area contributed by atoms with Crippen LogP contribution in [0.5, 0.6) is 0 Å². The number of hydrogen-bond donors (Lipinski definition) is 1. The third-order valence-corrected chi connectivity index (χ3v) is 2.91. The highest BCUT2D eigenvalue weighted by Gasteiger charge is 2.14. The summed E-state index contributed by atoms with van der Waals surface area (Å²) in [5, 5.41) is 7.80. The molecule has 4 nitrogen and oxygen atoms in total. The number of nitrogens with zero attached hydrogens (tertiary/aromatic N) is 2. The topological polar surface area (TPSA) is 43.0 Å². The van der Waals surface area contributed by atoms with Crippen LogP contribution in [0.1, 0.15) is 45.1 Å². The molecule has 2 aromatic heterocycles. The van der Waals surface area contributed by atoms with Crippen molar-refractivity contribution in [2.75, 3.05) is 0 Å². The molecule has 98 valence electrons. The van der Waals surface area contributed by atoms with Crippen LogP contribution >= 0.6 is 0 Å². The molecular formula is C14H21N3O. The highest BCUT2D eigenvalue weighted by Crippen LogP contribution is 2.15. The molecule has 0 saturated carbocycles. The first-order chi connectivity index (χ1) is 8.47. The molecular weight excluding hydrogens is 226 g/mol. The van der Waals surface area contributed by atoms with Gasteiger partial charge in [-0.25, -0.2) is 0 Å². The molecule has 0 amide bonds. The Morgan fingerprint density at radius 3 is 2.78 bits per heavy atom. The molecule has 4 heteroatoms. The quantitative estimate of drug-likeness (QED) is 0.902. The molecule has 0 spiro atoms. The molecule has 0 aromatic carbocycles. The van der Waals surface area contributed by atoms with Gasteiger partial charge in [-0.2, -0.15) is 5.10 Å². The zero-order valence-electron chi connectivity index (χ0n) is 11.5. The monoisotopic (exact) mass is 247 g/mol. The van der Waals surface area contributed by atoms with E-state index < -0.39 is 0 Å². The van der Waals surface area contributed by atoms with Crippen LogP contribution in [0, 0.1) is 0 Å². The molecule has 2 rings (SSSR count). The first kappa shape index (κ1) is 12.9. The average Bonchev–Trinajstić information content (AvgIpc) is 2.96. The fraction of sp³-hybridized carbons (Fsp3) is 0.500. The van der Waals surface area contributed by atoms with Gasteiger partial charge in [0.15, 0.2) is 0 Å². The van der Waals surface area contributed by atoms with Crippen LogP contribution in [0.3, 0.4) is 0 Å². The fourth-order valence-electron chi connectivity index (χ4n) is 1.73. The van der Waals surface area contributed by atoms with Gasteiger partial charge in [-0.1, -0.05) is 0 Å². The molecule has 1 atom stereocenters. The van der Waals surface area contributed by atoms with E-state index in [4.69, 9.17) is 4.42 Å². The standard InChI is InChI=1S/C14H21N3O/c1-11(13-6-5-7-18-13)15-8-12-9-16-17(10-12)14(2,3)4/h5-7,9-11,15H,8H2,1-4H3/t11-/m1/s1. The molecule has 0 saturated heterocycles. The van der Waals surface area contributed by atoms with Gasteiger partial charge in [0.25, 0.3) is 0 Å². The second kappa shape index (κ2) is 4.98. The molecule has 18 heavy (non-hydrogen) atoms. The predicted molar refractivity (Wildman–Crippen MR) is 71.2 cm³/mol. The minimum absolute atomic E-state index is 0.0326. The summed E-state index contributed by atoms with van der Waals surface area (Å²) >= 11 is 0. The lowest BCUT2D eigenvalue weighted by Crippen LogP contribution is -2.22. The fourth-order valence-corrected chi connectivity index (χ4v) is 1.73. The van der Waals surface area contributed by atoms with Gasteiger partial charge in [0, 0.05) is 18.3 Å². The number of nitrogens with one attached hydrogen (secondary N) is 1. The van der Waals surface area contributed by atoms with Crippen molar-refractivity contribution in [3.63, 3.8) is 0 Å². The summed E-state index contributed by atoms with van der Waals surface area (Å²) in [5.41, 5.74) is 1.22. The molecule has 2 heterocycles. The molecule has 0 radical (unpaired) electrons. The predicted octanol–water partition coefficient (Wildman–Crippen LogP) is 3.08. The van der Waals surface area contributed by atoms with Crippen molar-refractivity contribution in [1.29, 1.82) is 0 Å². The Hall–Kier alpha value is -1.55. The number of furan rings is 1. The molecule has 0 aliphatic rings. The van der Waals surface area contributed by atoms with Gasteiger partial charge >= 0.3 is 0 Å². The lowest BCUT2D eigenvalue weighted by Gasteiger charge is -2.18. The second-order valence-corrected chi connectivity index (χ2v) is 5.58. The van der Waals surface area contributed by atoms with Crippen LogP contribution in [0.2, 0.25) is 0 Å². The van der Waals surface area contributed by atoms with Gasteiger partial charge in [0.2, 0.25) is 0 Å². The lowest BCUT2D eigenvalue weighted by atomic mass is 10.1. The highest BCUT2D eigenvalue weighted by molar-refractivity contribution is 5.07. The van der Waals surface area contributed by atoms with Crippen molar-refractivity contribution in [3.05, 3.63) is 42.1 Å². The van der Waals surface area contributed by atoms with E-state index in [0.29, 0.717) is 0 Å². The van der Waals surface area contributed by atoms with E-state index in [9.17, 15) is 0 Å². The molecule has 0 fully saturated rings. The normalized spacial score (nSPS) is 13.8. The van der Waals surface area contributed by atoms with E-state index in [1.165, 1.54) is 5.56 Å². The third kappa shape index (κ3) is 3.01. The van der Waals surface area contributed by atoms with Gasteiger partial charge < -0.3 is 9.73 Å². The van der Waals surface area contributed by atoms with Crippen LogP contribution < -0.4 is 5.32 Å². The summed E-state index contributed by atoms with van der Waals surface area (Å²) < 4.78 is 7.35. The smallest absolute Gasteiger partial charge is 0.120 e. The van der Waals surface area contributed by atoms with Crippen LogP contribution in [0.25, 0.3) is 0 Å². The molecule has 0 bridgehead atoms. The number of aromatic nitrogens is 2. The average molecular weight is 247 g/mol. The second-order valence-electron chi connectivity index (χ2n) is 5.58. The van der Waals surface area contributed by atoms with Crippen molar-refractivity contribution in [3.8, 4) is 0 Å².